The van der Waals surface area contributed by atoms with Crippen molar-refractivity contribution in [3.63, 3.8) is 0 Å². The first-order valence-corrected chi connectivity index (χ1v) is 24.1. The third-order valence-electron chi connectivity index (χ3n) is 4.43. The van der Waals surface area contributed by atoms with E-state index in [2.05, 4.69) is 50.4 Å². The first-order valence-electron chi connectivity index (χ1n) is 5.93. The van der Waals surface area contributed by atoms with Gasteiger partial charge in [0.25, 0.3) is 0 Å². The van der Waals surface area contributed by atoms with E-state index in [4.69, 9.17) is 0 Å². The van der Waals surface area contributed by atoms with Gasteiger partial charge in [0.1, 0.15) is 0 Å². The van der Waals surface area contributed by atoms with Gasteiger partial charge in [-0.1, -0.05) is 0 Å². The average Bonchev–Trinajstić information content (AvgIpc) is 2.77. The van der Waals surface area contributed by atoms with Gasteiger partial charge < -0.3 is 0 Å². The summed E-state index contributed by atoms with van der Waals surface area (Å²) in [6.45, 7) is 0. The van der Waals surface area contributed by atoms with Crippen LogP contribution in [-0.2, 0) is 16.5 Å². The van der Waals surface area contributed by atoms with Gasteiger partial charge in [0.05, 0.1) is 0 Å². The van der Waals surface area contributed by atoms with Crippen LogP contribution in [0, 0.1) is 0 Å². The van der Waals surface area contributed by atoms with E-state index in [-0.39, 0.29) is 24.8 Å². The van der Waals surface area contributed by atoms with Gasteiger partial charge in [-0.05, 0) is 0 Å². The van der Waals surface area contributed by atoms with Crippen LogP contribution in [0.15, 0.2) is 43.0 Å². The molecule has 0 atom stereocenters. The minimum absolute atomic E-state index is 0. The predicted molar refractivity (Wildman–Crippen MR) is 85.7 cm³/mol. The van der Waals surface area contributed by atoms with E-state index >= 15 is 0 Å². The molecule has 0 radical (unpaired) electrons. The van der Waals surface area contributed by atoms with Crippen LogP contribution in [0.4, 0.5) is 0 Å². The van der Waals surface area contributed by atoms with Gasteiger partial charge in [-0.3, -0.25) is 0 Å². The molecular formula is C13H24Cl2SiZr. The monoisotopic (exact) mass is 368 g/mol. The van der Waals surface area contributed by atoms with E-state index in [9.17, 15) is 0 Å². The van der Waals surface area contributed by atoms with Crippen LogP contribution in [0.5, 0.6) is 0 Å². The molecule has 4 heteroatoms. The maximum atomic E-state index is 2.63. The summed E-state index contributed by atoms with van der Waals surface area (Å²) >= 11 is -3.10. The summed E-state index contributed by atoms with van der Waals surface area (Å²) in [5.74, 6) is 0. The van der Waals surface area contributed by atoms with Gasteiger partial charge in [-0.15, -0.1) is 24.8 Å². The van der Waals surface area contributed by atoms with Gasteiger partial charge in [0, 0.05) is 0 Å². The Labute approximate surface area is 117 Å². The molecule has 2 aliphatic carbocycles. The third kappa shape index (κ3) is 2.97. The maximum absolute atomic E-state index is 3.10. The van der Waals surface area contributed by atoms with Crippen molar-refractivity contribution in [1.82, 2.24) is 0 Å². The second kappa shape index (κ2) is 4.63. The van der Waals surface area contributed by atoms with Crippen LogP contribution < -0.4 is 0 Å². The molecule has 0 unspecified atom stereocenters. The first-order chi connectivity index (χ1) is 6.74. The van der Waals surface area contributed by atoms with Crippen LogP contribution in [-0.4, -0.2) is 7.37 Å². The second-order valence-corrected chi connectivity index (χ2v) is 59.8. The molecular weight excluding hydrogens is 346 g/mol. The molecule has 0 fully saturated rings. The van der Waals surface area contributed by atoms with Crippen LogP contribution >= 0.6 is 24.8 Å². The predicted octanol–water partition coefficient (Wildman–Crippen LogP) is 4.17. The zero-order valence-corrected chi connectivity index (χ0v) is 17.3. The number of hydrogen-bond acceptors (Lipinski definition) is 0. The van der Waals surface area contributed by atoms with E-state index in [0.717, 1.165) is 0 Å². The molecule has 2 rings (SSSR count). The topological polar surface area (TPSA) is 0 Å². The Hall–Kier alpha value is 0.640. The van der Waals surface area contributed by atoms with Crippen LogP contribution in [0.2, 0.25) is 13.9 Å². The summed E-state index contributed by atoms with van der Waals surface area (Å²) in [6, 6.07) is 0. The van der Waals surface area contributed by atoms with Crippen LogP contribution in [0.25, 0.3) is 0 Å². The van der Waals surface area contributed by atoms with Crippen LogP contribution in [0.1, 0.15) is 12.8 Å². The van der Waals surface area contributed by atoms with E-state index < -0.39 is 16.5 Å². The second-order valence-electron chi connectivity index (χ2n) is 7.77. The number of hydrogen-bond donors (Lipinski definition) is 0. The number of allylic oxidation sites excluding steroid dienone is 8. The Kier molecular flexibility index (Phi) is 4.81. The molecule has 0 heterocycles. The summed E-state index contributed by atoms with van der Waals surface area (Å²) in [5.41, 5.74) is 0. The number of halogens is 2. The fraction of sp³-hybridized carbons (Fsp3) is 0.385. The van der Waals surface area contributed by atoms with Crippen molar-refractivity contribution in [3.05, 3.63) is 43.0 Å². The Morgan fingerprint density at radius 3 is 1.47 bits per heavy atom. The Balaban J connectivity index is 0.00000128. The van der Waals surface area contributed by atoms with E-state index in [1.807, 2.05) is 0 Å². The molecule has 0 aromatic rings. The molecule has 98 valence electrons. The molecule has 0 aliphatic heterocycles. The van der Waals surface area contributed by atoms with Gasteiger partial charge in [0.15, 0.2) is 0 Å². The molecule has 0 spiro atoms. The van der Waals surface area contributed by atoms with E-state index in [0.29, 0.717) is 0 Å². The molecule has 17 heavy (non-hydrogen) atoms. The van der Waals surface area contributed by atoms with Gasteiger partial charge in [-0.25, -0.2) is 0 Å². The van der Waals surface area contributed by atoms with Crippen molar-refractivity contribution in [2.24, 2.45) is 0 Å². The summed E-state index contributed by atoms with van der Waals surface area (Å²) in [4.78, 5) is 0. The Bertz CT molecular complexity index is 399. The van der Waals surface area contributed by atoms with Crippen molar-refractivity contribution >= 4 is 32.2 Å². The fourth-order valence-electron chi connectivity index (χ4n) is 2.77. The van der Waals surface area contributed by atoms with Gasteiger partial charge >= 0.3 is 93.6 Å². The molecule has 0 N–H and O–H groups in total. The minimum atomic E-state index is -3.10. The van der Waals surface area contributed by atoms with Crippen molar-refractivity contribution < 1.29 is 16.5 Å². The van der Waals surface area contributed by atoms with Gasteiger partial charge in [0.2, 0.25) is 0 Å². The van der Waals surface area contributed by atoms with E-state index in [1.165, 1.54) is 20.2 Å². The Morgan fingerprint density at radius 1 is 0.882 bits per heavy atom. The molecule has 0 aromatic heterocycles. The van der Waals surface area contributed by atoms with Crippen molar-refractivity contribution in [2.45, 2.75) is 26.7 Å². The molecule has 0 bridgehead atoms. The molecule has 0 saturated carbocycles. The Morgan fingerprint density at radius 2 is 1.24 bits per heavy atom. The average molecular weight is 371 g/mol. The molecule has 0 aromatic carbocycles. The molecule has 0 saturated heterocycles. The molecule has 0 amide bonds. The zero-order chi connectivity index (χ0) is 11.2. The zero-order valence-electron chi connectivity index (χ0n) is 11.2. The normalized spacial score (nSPS) is 22.1. The van der Waals surface area contributed by atoms with Crippen molar-refractivity contribution in [3.8, 4) is 0 Å². The van der Waals surface area contributed by atoms with Crippen LogP contribution in [0.3, 0.4) is 0 Å². The molecule has 2 aliphatic rings. The number of rotatable bonds is 2. The van der Waals surface area contributed by atoms with E-state index in [1.54, 1.807) is 6.56 Å². The summed E-state index contributed by atoms with van der Waals surface area (Å²) in [5, 5.41) is 0. The first kappa shape index (κ1) is 17.6. The van der Waals surface area contributed by atoms with Crippen molar-refractivity contribution in [2.75, 3.05) is 0 Å². The fourth-order valence-corrected chi connectivity index (χ4v) is 17.4. The quantitative estimate of drug-likeness (QED) is 0.640. The third-order valence-corrected chi connectivity index (χ3v) is 28.1. The summed E-state index contributed by atoms with van der Waals surface area (Å²) < 4.78 is 11.4. The van der Waals surface area contributed by atoms with Gasteiger partial charge in [-0.2, -0.15) is 0 Å². The standard InChI is InChI=1S/2C5H5.3CH3.2ClH.H3Si.Zr/c2*1-2-4-5-3-1;;;;;;;/h2*1-3H,4H2;3*1H3;2*1H;1H3;. The summed E-state index contributed by atoms with van der Waals surface area (Å²) in [7, 11) is 1.34. The SMILES string of the molecule is Cl.Cl.[CH3][Zr]([CH3])([CH3])([SiH3])([C]1=CC=CC1)[C]1=CC=CC1. The molecule has 0 nitrogen and oxygen atoms in total. The summed E-state index contributed by atoms with van der Waals surface area (Å²) in [6.07, 6.45) is 16.4. The van der Waals surface area contributed by atoms with Crippen molar-refractivity contribution in [1.29, 1.82) is 0 Å².